The van der Waals surface area contributed by atoms with E-state index in [0.29, 0.717) is 11.4 Å². The third-order valence-corrected chi connectivity index (χ3v) is 6.90. The molecule has 2 aromatic rings. The molecule has 0 aliphatic carbocycles. The Morgan fingerprint density at radius 2 is 1.76 bits per heavy atom. The monoisotopic (exact) mass is 530 g/mol. The van der Waals surface area contributed by atoms with Gasteiger partial charge in [0, 0.05) is 5.69 Å². The second kappa shape index (κ2) is 10.1. The number of ether oxygens (including phenoxy) is 7. The molecule has 3 fully saturated rings. The van der Waals surface area contributed by atoms with E-state index in [1.807, 2.05) is 30.3 Å². The number of hydrogen-bond donors (Lipinski definition) is 1. The van der Waals surface area contributed by atoms with Gasteiger partial charge in [0.25, 0.3) is 0 Å². The molecule has 6 atom stereocenters. The smallest absolute Gasteiger partial charge is 0.373 e. The van der Waals surface area contributed by atoms with Crippen LogP contribution in [0.25, 0.3) is 0 Å². The second-order valence-electron chi connectivity index (χ2n) is 10.6. The van der Waals surface area contributed by atoms with Gasteiger partial charge in [-0.3, -0.25) is 14.9 Å². The Morgan fingerprint density at radius 3 is 2.37 bits per heavy atom. The Labute approximate surface area is 221 Å². The average Bonchev–Trinajstić information content (AvgIpc) is 3.49. The summed E-state index contributed by atoms with van der Waals surface area (Å²) in [6.45, 7) is 6.83. The lowest BCUT2D eigenvalue weighted by molar-refractivity contribution is -0.629. The van der Waals surface area contributed by atoms with Crippen molar-refractivity contribution in [1.29, 1.82) is 0 Å². The highest BCUT2D eigenvalue weighted by Crippen LogP contribution is 2.45. The van der Waals surface area contributed by atoms with Crippen molar-refractivity contribution in [3.05, 3.63) is 70.3 Å². The van der Waals surface area contributed by atoms with Crippen LogP contribution in [0.3, 0.4) is 0 Å². The summed E-state index contributed by atoms with van der Waals surface area (Å²) in [4.78, 5) is 12.3. The minimum atomic E-state index is -1.99. The first-order chi connectivity index (χ1) is 18.0. The second-order valence-corrected chi connectivity index (χ2v) is 10.6. The number of rotatable bonds is 9. The van der Waals surface area contributed by atoms with E-state index in [1.54, 1.807) is 59.1 Å². The van der Waals surface area contributed by atoms with Crippen LogP contribution in [0.2, 0.25) is 0 Å². The molecule has 1 N–H and O–H groups in total. The van der Waals surface area contributed by atoms with Crippen LogP contribution in [0.1, 0.15) is 33.3 Å². The summed E-state index contributed by atoms with van der Waals surface area (Å²) in [5.41, 5.74) is -0.440. The highest BCUT2D eigenvalue weighted by molar-refractivity contribution is 5.48. The average molecular weight is 531 g/mol. The Morgan fingerprint density at radius 1 is 1.05 bits per heavy atom. The summed E-state index contributed by atoms with van der Waals surface area (Å²) < 4.78 is 42.0. The van der Waals surface area contributed by atoms with Gasteiger partial charge in [0.1, 0.15) is 30.7 Å². The molecule has 0 bridgehead atoms. The molecule has 5 rings (SSSR count). The van der Waals surface area contributed by atoms with Crippen LogP contribution in [0.5, 0.6) is 5.75 Å². The molecular formula is C27H34N2O9. The fourth-order valence-electron chi connectivity index (χ4n) is 5.17. The van der Waals surface area contributed by atoms with E-state index in [0.717, 1.165) is 5.56 Å². The predicted octanol–water partition coefficient (Wildman–Crippen LogP) is 3.69. The molecule has 3 heterocycles. The quantitative estimate of drug-likeness (QED) is 0.380. The summed E-state index contributed by atoms with van der Waals surface area (Å²) in [6.07, 6.45) is -3.01. The van der Waals surface area contributed by atoms with Gasteiger partial charge in [-0.05, 0) is 57.5 Å². The Kier molecular flexibility index (Phi) is 7.10. The highest BCUT2D eigenvalue weighted by Gasteiger charge is 2.68. The SMILES string of the molecule is COc1ccc(NC([C@H]2O[C@@H]3OC(C)(C)O[C@H]3[C@H]2OCc2ccccc2)C2([N+](=O)[O-])COC(C)(C)O2)cc1. The van der Waals surface area contributed by atoms with Gasteiger partial charge >= 0.3 is 5.72 Å². The zero-order valence-electron chi connectivity index (χ0n) is 22.1. The van der Waals surface area contributed by atoms with Gasteiger partial charge < -0.3 is 33.7 Å². The molecular weight excluding hydrogens is 496 g/mol. The molecule has 0 radical (unpaired) electrons. The lowest BCUT2D eigenvalue weighted by atomic mass is 9.93. The summed E-state index contributed by atoms with van der Waals surface area (Å²) in [5.74, 6) is -1.43. The van der Waals surface area contributed by atoms with E-state index in [1.165, 1.54) is 0 Å². The van der Waals surface area contributed by atoms with E-state index in [2.05, 4.69) is 5.32 Å². The number of fused-ring (bicyclic) bond motifs is 1. The summed E-state index contributed by atoms with van der Waals surface area (Å²) in [6, 6.07) is 15.7. The largest absolute Gasteiger partial charge is 0.497 e. The van der Waals surface area contributed by atoms with E-state index >= 15 is 0 Å². The number of methoxy groups -OCH3 is 1. The van der Waals surface area contributed by atoms with Crippen molar-refractivity contribution in [3.8, 4) is 5.75 Å². The first-order valence-corrected chi connectivity index (χ1v) is 12.6. The number of anilines is 1. The van der Waals surface area contributed by atoms with Gasteiger partial charge in [0.05, 0.1) is 18.6 Å². The molecule has 0 amide bonds. The number of nitro groups is 1. The maximum Gasteiger partial charge on any atom is 0.373 e. The summed E-state index contributed by atoms with van der Waals surface area (Å²) >= 11 is 0. The zero-order chi connectivity index (χ0) is 27.1. The lowest BCUT2D eigenvalue weighted by Gasteiger charge is -2.36. The van der Waals surface area contributed by atoms with E-state index in [9.17, 15) is 10.1 Å². The zero-order valence-corrected chi connectivity index (χ0v) is 22.1. The lowest BCUT2D eigenvalue weighted by Crippen LogP contribution is -2.63. The Hall–Kier alpha value is -2.80. The van der Waals surface area contributed by atoms with Crippen LogP contribution in [0, 0.1) is 10.1 Å². The van der Waals surface area contributed by atoms with Gasteiger partial charge in [0.2, 0.25) is 0 Å². The molecule has 2 unspecified atom stereocenters. The molecule has 206 valence electrons. The van der Waals surface area contributed by atoms with Crippen molar-refractivity contribution in [2.75, 3.05) is 19.0 Å². The molecule has 3 aliphatic heterocycles. The van der Waals surface area contributed by atoms with Crippen LogP contribution in [0.15, 0.2) is 54.6 Å². The summed E-state index contributed by atoms with van der Waals surface area (Å²) in [5, 5.41) is 16.0. The Balaban J connectivity index is 1.52. The first kappa shape index (κ1) is 26.8. The topological polar surface area (TPSA) is 120 Å². The standard InChI is InChI=1S/C27H34N2O9/c1-25(2)34-16-27(38-25,29(30)31)23(28-18-11-13-19(32-5)14-12-18)21-20(33-15-17-9-7-6-8-10-17)22-24(35-21)37-26(3,4)36-22/h6-14,20-24,28H,15-16H2,1-5H3/t20-,21-,22-,23?,24+,27?/m0/s1. The molecule has 0 saturated carbocycles. The molecule has 0 spiro atoms. The fraction of sp³-hybridized carbons (Fsp3) is 0.556. The molecule has 11 nitrogen and oxygen atoms in total. The third kappa shape index (κ3) is 5.22. The van der Waals surface area contributed by atoms with Crippen LogP contribution >= 0.6 is 0 Å². The van der Waals surface area contributed by atoms with Crippen LogP contribution < -0.4 is 10.1 Å². The number of nitrogens with zero attached hydrogens (tertiary/aromatic N) is 1. The van der Waals surface area contributed by atoms with Crippen LogP contribution in [-0.2, 0) is 35.0 Å². The van der Waals surface area contributed by atoms with Crippen molar-refractivity contribution < 1.29 is 38.1 Å². The van der Waals surface area contributed by atoms with Gasteiger partial charge in [-0.1, -0.05) is 30.3 Å². The van der Waals surface area contributed by atoms with Crippen LogP contribution in [0.4, 0.5) is 5.69 Å². The van der Waals surface area contributed by atoms with Crippen molar-refractivity contribution in [3.63, 3.8) is 0 Å². The molecule has 38 heavy (non-hydrogen) atoms. The maximum absolute atomic E-state index is 12.7. The first-order valence-electron chi connectivity index (χ1n) is 12.6. The minimum Gasteiger partial charge on any atom is -0.497 e. The molecule has 0 aromatic heterocycles. The van der Waals surface area contributed by atoms with Crippen molar-refractivity contribution in [2.24, 2.45) is 0 Å². The number of nitrogens with one attached hydrogen (secondary N) is 1. The van der Waals surface area contributed by atoms with Crippen molar-refractivity contribution in [1.82, 2.24) is 0 Å². The van der Waals surface area contributed by atoms with Crippen molar-refractivity contribution in [2.45, 2.75) is 82.2 Å². The van der Waals surface area contributed by atoms with E-state index in [-0.39, 0.29) is 13.2 Å². The molecule has 3 saturated heterocycles. The molecule has 3 aliphatic rings. The summed E-state index contributed by atoms with van der Waals surface area (Å²) in [7, 11) is 1.57. The molecule has 2 aromatic carbocycles. The normalized spacial score (nSPS) is 32.0. The van der Waals surface area contributed by atoms with Crippen LogP contribution in [-0.4, -0.2) is 66.6 Å². The Bertz CT molecular complexity index is 1130. The highest BCUT2D eigenvalue weighted by atomic mass is 16.8. The van der Waals surface area contributed by atoms with Gasteiger partial charge in [0.15, 0.2) is 23.9 Å². The van der Waals surface area contributed by atoms with E-state index < -0.39 is 52.9 Å². The van der Waals surface area contributed by atoms with Gasteiger partial charge in [-0.15, -0.1) is 0 Å². The van der Waals surface area contributed by atoms with Gasteiger partial charge in [-0.2, -0.15) is 0 Å². The maximum atomic E-state index is 12.7. The minimum absolute atomic E-state index is 0.252. The number of hydrogen-bond acceptors (Lipinski definition) is 10. The predicted molar refractivity (Wildman–Crippen MR) is 135 cm³/mol. The fourth-order valence-corrected chi connectivity index (χ4v) is 5.17. The molecule has 11 heteroatoms. The third-order valence-electron chi connectivity index (χ3n) is 6.90. The van der Waals surface area contributed by atoms with Gasteiger partial charge in [-0.25, -0.2) is 0 Å². The number of benzene rings is 2. The van der Waals surface area contributed by atoms with Crippen molar-refractivity contribution >= 4 is 5.69 Å². The van der Waals surface area contributed by atoms with E-state index in [4.69, 9.17) is 33.2 Å².